The van der Waals surface area contributed by atoms with Crippen LogP contribution in [-0.2, 0) is 0 Å². The molecular formula is C17H19N5O. The lowest BCUT2D eigenvalue weighted by atomic mass is 10.1. The molecule has 4 rings (SSSR count). The van der Waals surface area contributed by atoms with Gasteiger partial charge in [-0.3, -0.25) is 4.79 Å². The Bertz CT molecular complexity index is 857. The van der Waals surface area contributed by atoms with Gasteiger partial charge >= 0.3 is 0 Å². The average Bonchev–Trinajstić information content (AvgIpc) is 3.21. The zero-order valence-electron chi connectivity index (χ0n) is 13.1. The van der Waals surface area contributed by atoms with Crippen LogP contribution in [0.1, 0.15) is 35.3 Å². The molecule has 0 saturated carbocycles. The van der Waals surface area contributed by atoms with Gasteiger partial charge in [-0.05, 0) is 38.3 Å². The number of carbonyl (C=O) groups is 1. The molecule has 1 saturated heterocycles. The van der Waals surface area contributed by atoms with E-state index in [0.717, 1.165) is 48.3 Å². The number of likely N-dealkylation sites (tertiary alicyclic amines) is 1. The smallest absolute Gasteiger partial charge is 0.257 e. The molecule has 4 heterocycles. The van der Waals surface area contributed by atoms with E-state index in [9.17, 15) is 4.79 Å². The molecule has 118 valence electrons. The van der Waals surface area contributed by atoms with E-state index in [1.807, 2.05) is 36.4 Å². The summed E-state index contributed by atoms with van der Waals surface area (Å²) in [4.78, 5) is 22.1. The van der Waals surface area contributed by atoms with E-state index in [2.05, 4.69) is 15.1 Å². The molecule has 1 amide bonds. The summed E-state index contributed by atoms with van der Waals surface area (Å²) in [5, 5.41) is 5.55. The third-order valence-electron chi connectivity index (χ3n) is 4.46. The number of nitrogens with zero attached hydrogens (tertiary/aromatic N) is 4. The normalized spacial score (nSPS) is 15.3. The van der Waals surface area contributed by atoms with Crippen LogP contribution in [0.25, 0.3) is 16.7 Å². The average molecular weight is 309 g/mol. The van der Waals surface area contributed by atoms with Gasteiger partial charge in [0.05, 0.1) is 16.9 Å². The van der Waals surface area contributed by atoms with Crippen molar-refractivity contribution in [3.63, 3.8) is 0 Å². The topological polar surface area (TPSA) is 66.8 Å². The number of aromatic nitrogens is 4. The summed E-state index contributed by atoms with van der Waals surface area (Å²) >= 11 is 0. The molecule has 0 aliphatic carbocycles. The van der Waals surface area contributed by atoms with Crippen molar-refractivity contribution < 1.29 is 4.79 Å². The van der Waals surface area contributed by atoms with Crippen LogP contribution < -0.4 is 0 Å². The predicted molar refractivity (Wildman–Crippen MR) is 87.7 cm³/mol. The van der Waals surface area contributed by atoms with Crippen LogP contribution in [0.5, 0.6) is 0 Å². The number of amides is 1. The maximum absolute atomic E-state index is 12.7. The quantitative estimate of drug-likeness (QED) is 0.791. The van der Waals surface area contributed by atoms with Gasteiger partial charge in [0, 0.05) is 37.1 Å². The maximum atomic E-state index is 12.7. The number of H-pyrrole nitrogens is 1. The number of hydrogen-bond donors (Lipinski definition) is 1. The Balaban J connectivity index is 1.72. The molecule has 0 aromatic carbocycles. The molecule has 23 heavy (non-hydrogen) atoms. The number of carbonyl (C=O) groups excluding carboxylic acids is 1. The molecule has 0 spiro atoms. The second-order valence-corrected chi connectivity index (χ2v) is 6.00. The minimum Gasteiger partial charge on any atom is -0.346 e. The van der Waals surface area contributed by atoms with Crippen molar-refractivity contribution in [1.82, 2.24) is 24.6 Å². The lowest BCUT2D eigenvalue weighted by molar-refractivity contribution is 0.0723. The second kappa shape index (κ2) is 5.53. The van der Waals surface area contributed by atoms with Crippen LogP contribution in [0, 0.1) is 6.92 Å². The van der Waals surface area contributed by atoms with Gasteiger partial charge in [-0.15, -0.1) is 0 Å². The van der Waals surface area contributed by atoms with Gasteiger partial charge in [-0.2, -0.15) is 5.10 Å². The van der Waals surface area contributed by atoms with Gasteiger partial charge < -0.3 is 9.88 Å². The summed E-state index contributed by atoms with van der Waals surface area (Å²) in [6.45, 7) is 3.59. The number of pyridine rings is 1. The lowest BCUT2D eigenvalue weighted by Crippen LogP contribution is -2.35. The van der Waals surface area contributed by atoms with Crippen LogP contribution in [-0.4, -0.2) is 43.6 Å². The van der Waals surface area contributed by atoms with Crippen LogP contribution in [0.2, 0.25) is 0 Å². The molecule has 3 aromatic rings. The van der Waals surface area contributed by atoms with Crippen molar-refractivity contribution in [3.8, 4) is 5.69 Å². The van der Waals surface area contributed by atoms with Gasteiger partial charge in [0.25, 0.3) is 5.91 Å². The zero-order chi connectivity index (χ0) is 15.8. The summed E-state index contributed by atoms with van der Waals surface area (Å²) < 4.78 is 1.78. The van der Waals surface area contributed by atoms with Gasteiger partial charge in [-0.25, -0.2) is 9.67 Å². The first-order valence-corrected chi connectivity index (χ1v) is 8.02. The molecule has 0 bridgehead atoms. The van der Waals surface area contributed by atoms with Gasteiger partial charge in [0.1, 0.15) is 5.65 Å². The molecule has 1 N–H and O–H groups in total. The fourth-order valence-electron chi connectivity index (χ4n) is 3.21. The number of fused-ring (bicyclic) bond motifs is 1. The summed E-state index contributed by atoms with van der Waals surface area (Å²) in [5.74, 6) is 0.0906. The minimum atomic E-state index is 0.0906. The number of nitrogens with one attached hydrogen (secondary N) is 1. The van der Waals surface area contributed by atoms with Crippen molar-refractivity contribution in [2.45, 2.75) is 26.2 Å². The zero-order valence-corrected chi connectivity index (χ0v) is 13.1. The molecule has 1 aliphatic rings. The maximum Gasteiger partial charge on any atom is 0.257 e. The summed E-state index contributed by atoms with van der Waals surface area (Å²) in [7, 11) is 0. The minimum absolute atomic E-state index is 0.0906. The highest BCUT2D eigenvalue weighted by atomic mass is 16.2. The highest BCUT2D eigenvalue weighted by Gasteiger charge is 2.22. The Morgan fingerprint density at radius 1 is 1.22 bits per heavy atom. The number of piperidine rings is 1. The summed E-state index contributed by atoms with van der Waals surface area (Å²) in [6.07, 6.45) is 8.84. The van der Waals surface area contributed by atoms with E-state index in [1.165, 1.54) is 6.42 Å². The molecule has 0 atom stereocenters. The van der Waals surface area contributed by atoms with E-state index < -0.39 is 0 Å². The van der Waals surface area contributed by atoms with Gasteiger partial charge in [0.15, 0.2) is 0 Å². The second-order valence-electron chi connectivity index (χ2n) is 6.00. The standard InChI is InChI=1S/C17H19N5O/c1-12-14(17(23)21-9-3-2-4-10-21)11-22(20-12)15-6-8-19-16-13(15)5-7-18-16/h5-8,11H,2-4,9-10H2,1H3,(H,18,19). The first kappa shape index (κ1) is 14.0. The van der Waals surface area contributed by atoms with Crippen molar-refractivity contribution in [2.75, 3.05) is 13.1 Å². The number of aryl methyl sites for hydroxylation is 1. The molecule has 1 fully saturated rings. The third kappa shape index (κ3) is 2.40. The molecule has 3 aromatic heterocycles. The highest BCUT2D eigenvalue weighted by molar-refractivity contribution is 5.95. The third-order valence-corrected chi connectivity index (χ3v) is 4.46. The Hall–Kier alpha value is -2.63. The molecule has 0 unspecified atom stereocenters. The first-order valence-electron chi connectivity index (χ1n) is 8.02. The van der Waals surface area contributed by atoms with E-state index in [0.29, 0.717) is 5.56 Å². The molecule has 0 radical (unpaired) electrons. The lowest BCUT2D eigenvalue weighted by Gasteiger charge is -2.26. The van der Waals surface area contributed by atoms with E-state index >= 15 is 0 Å². The van der Waals surface area contributed by atoms with Crippen LogP contribution >= 0.6 is 0 Å². The monoisotopic (exact) mass is 309 g/mol. The fraction of sp³-hybridized carbons (Fsp3) is 0.353. The molecule has 1 aliphatic heterocycles. The van der Waals surface area contributed by atoms with Crippen LogP contribution in [0.3, 0.4) is 0 Å². The van der Waals surface area contributed by atoms with Crippen LogP contribution in [0.15, 0.2) is 30.7 Å². The summed E-state index contributed by atoms with van der Waals surface area (Å²) in [5.41, 5.74) is 3.20. The van der Waals surface area contributed by atoms with E-state index in [1.54, 1.807) is 10.9 Å². The van der Waals surface area contributed by atoms with Crippen molar-refractivity contribution in [1.29, 1.82) is 0 Å². The summed E-state index contributed by atoms with van der Waals surface area (Å²) in [6, 6.07) is 3.89. The number of aromatic amines is 1. The SMILES string of the molecule is Cc1nn(-c2ccnc3[nH]ccc23)cc1C(=O)N1CCCCC1. The predicted octanol–water partition coefficient (Wildman–Crippen LogP) is 2.68. The molecular weight excluding hydrogens is 290 g/mol. The highest BCUT2D eigenvalue weighted by Crippen LogP contribution is 2.21. The fourth-order valence-corrected chi connectivity index (χ4v) is 3.21. The number of hydrogen-bond acceptors (Lipinski definition) is 3. The van der Waals surface area contributed by atoms with Crippen LogP contribution in [0.4, 0.5) is 0 Å². The van der Waals surface area contributed by atoms with Crippen molar-refractivity contribution in [3.05, 3.63) is 42.0 Å². The molecule has 6 heteroatoms. The largest absolute Gasteiger partial charge is 0.346 e. The Labute approximate surface area is 134 Å². The molecule has 6 nitrogen and oxygen atoms in total. The Morgan fingerprint density at radius 3 is 2.87 bits per heavy atom. The van der Waals surface area contributed by atoms with E-state index in [4.69, 9.17) is 0 Å². The Morgan fingerprint density at radius 2 is 2.04 bits per heavy atom. The van der Waals surface area contributed by atoms with Gasteiger partial charge in [-0.1, -0.05) is 0 Å². The van der Waals surface area contributed by atoms with Gasteiger partial charge in [0.2, 0.25) is 0 Å². The van der Waals surface area contributed by atoms with Crippen molar-refractivity contribution >= 4 is 16.9 Å². The Kier molecular flexibility index (Phi) is 3.37. The van der Waals surface area contributed by atoms with Crippen molar-refractivity contribution in [2.24, 2.45) is 0 Å². The van der Waals surface area contributed by atoms with E-state index in [-0.39, 0.29) is 5.91 Å². The first-order chi connectivity index (χ1) is 11.2. The number of rotatable bonds is 2.